The number of benzene rings is 1. The van der Waals surface area contributed by atoms with Crippen molar-refractivity contribution in [1.29, 1.82) is 0 Å². The highest BCUT2D eigenvalue weighted by Gasteiger charge is 2.15. The highest BCUT2D eigenvalue weighted by atomic mass is 32.1. The molecule has 0 aliphatic heterocycles. The van der Waals surface area contributed by atoms with Gasteiger partial charge in [-0.1, -0.05) is 81.8 Å². The van der Waals surface area contributed by atoms with Gasteiger partial charge in [-0.3, -0.25) is 0 Å². The van der Waals surface area contributed by atoms with E-state index in [0.717, 1.165) is 17.7 Å². The Bertz CT molecular complexity index is 973. The van der Waals surface area contributed by atoms with Crippen molar-refractivity contribution in [1.82, 2.24) is 0 Å². The maximum absolute atomic E-state index is 4.95. The summed E-state index contributed by atoms with van der Waals surface area (Å²) in [6.07, 6.45) is 11.2. The molecule has 0 amide bonds. The first kappa shape index (κ1) is 25.3. The van der Waals surface area contributed by atoms with E-state index in [1.807, 2.05) is 0 Å². The second-order valence-corrected chi connectivity index (χ2v) is 9.56. The lowest BCUT2D eigenvalue weighted by molar-refractivity contribution is 0.655. The van der Waals surface area contributed by atoms with E-state index in [1.165, 1.54) is 39.0 Å². The molecule has 1 aromatic carbocycles. The Morgan fingerprint density at radius 1 is 1.06 bits per heavy atom. The molecule has 2 rings (SSSR count). The Balaban J connectivity index is 2.32. The van der Waals surface area contributed by atoms with Crippen molar-refractivity contribution in [3.05, 3.63) is 92.6 Å². The molecule has 1 heteroatoms. The number of allylic oxidation sites excluding steroid dienone is 9. The number of rotatable bonds is 8. The topological polar surface area (TPSA) is 0 Å². The lowest BCUT2D eigenvalue weighted by atomic mass is 9.88. The van der Waals surface area contributed by atoms with Crippen LogP contribution >= 0.6 is 12.6 Å². The van der Waals surface area contributed by atoms with E-state index >= 15 is 0 Å². The van der Waals surface area contributed by atoms with E-state index in [2.05, 4.69) is 110 Å². The van der Waals surface area contributed by atoms with Gasteiger partial charge in [0, 0.05) is 11.8 Å². The first-order valence-electron chi connectivity index (χ1n) is 11.6. The van der Waals surface area contributed by atoms with Gasteiger partial charge in [0.1, 0.15) is 0 Å². The fourth-order valence-electron chi connectivity index (χ4n) is 4.00. The summed E-state index contributed by atoms with van der Waals surface area (Å²) >= 11 is 4.95. The maximum atomic E-state index is 4.95. The van der Waals surface area contributed by atoms with Crippen LogP contribution in [0.25, 0.3) is 5.57 Å². The third-order valence-corrected chi connectivity index (χ3v) is 7.57. The van der Waals surface area contributed by atoms with Crippen molar-refractivity contribution in [3.63, 3.8) is 0 Å². The van der Waals surface area contributed by atoms with Crippen LogP contribution in [-0.4, -0.2) is 0 Å². The van der Waals surface area contributed by atoms with Gasteiger partial charge in [-0.15, -0.1) is 18.4 Å². The second kappa shape index (κ2) is 11.6. The van der Waals surface area contributed by atoms with Gasteiger partial charge in [-0.2, -0.15) is 0 Å². The van der Waals surface area contributed by atoms with Crippen molar-refractivity contribution < 1.29 is 0 Å². The molecule has 3 atom stereocenters. The van der Waals surface area contributed by atoms with Gasteiger partial charge in [0.2, 0.25) is 0 Å². The van der Waals surface area contributed by atoms with Gasteiger partial charge in [0.05, 0.1) is 0 Å². The predicted octanol–water partition coefficient (Wildman–Crippen LogP) is 9.46. The molecular formula is C30H40S. The lowest BCUT2D eigenvalue weighted by Gasteiger charge is -2.18. The molecule has 1 aliphatic rings. The molecule has 0 bridgehead atoms. The van der Waals surface area contributed by atoms with Crippen LogP contribution in [0.3, 0.4) is 0 Å². The smallest absolute Gasteiger partial charge is 0.0153 e. The number of thiol groups is 1. The van der Waals surface area contributed by atoms with Crippen molar-refractivity contribution in [2.45, 2.75) is 74.1 Å². The monoisotopic (exact) mass is 432 g/mol. The number of hydrogen-bond donors (Lipinski definition) is 1. The second-order valence-electron chi connectivity index (χ2n) is 9.08. The van der Waals surface area contributed by atoms with Gasteiger partial charge in [-0.25, -0.2) is 0 Å². The third kappa shape index (κ3) is 6.52. The van der Waals surface area contributed by atoms with E-state index in [4.69, 9.17) is 12.6 Å². The first-order valence-corrected chi connectivity index (χ1v) is 12.1. The van der Waals surface area contributed by atoms with E-state index in [1.54, 1.807) is 0 Å². The summed E-state index contributed by atoms with van der Waals surface area (Å²) < 4.78 is 0. The highest BCUT2D eigenvalue weighted by Crippen LogP contribution is 2.34. The molecule has 0 N–H and O–H groups in total. The average molecular weight is 433 g/mol. The van der Waals surface area contributed by atoms with Gasteiger partial charge >= 0.3 is 0 Å². The molecule has 0 spiro atoms. The summed E-state index contributed by atoms with van der Waals surface area (Å²) in [5.74, 6) is 1.18. The Labute approximate surface area is 196 Å². The molecule has 0 fully saturated rings. The SMILES string of the molecule is CCC(C)C(C)=C=C(C)C(C)/C(S)=C(C)\C(C)=C/C(C)c1ccccc1C1=CC=CC1. The first-order chi connectivity index (χ1) is 14.7. The molecule has 0 nitrogen and oxygen atoms in total. The quantitative estimate of drug-likeness (QED) is 0.236. The van der Waals surface area contributed by atoms with E-state index in [0.29, 0.717) is 11.8 Å². The maximum Gasteiger partial charge on any atom is 0.0153 e. The van der Waals surface area contributed by atoms with Crippen LogP contribution in [0.1, 0.15) is 85.3 Å². The third-order valence-electron chi connectivity index (χ3n) is 6.85. The van der Waals surface area contributed by atoms with Crippen LogP contribution in [-0.2, 0) is 0 Å². The van der Waals surface area contributed by atoms with Gasteiger partial charge in [-0.05, 0) is 84.8 Å². The molecule has 0 aromatic heterocycles. The van der Waals surface area contributed by atoms with Crippen LogP contribution in [0.4, 0.5) is 0 Å². The largest absolute Gasteiger partial charge is 0.147 e. The minimum Gasteiger partial charge on any atom is -0.147 e. The molecule has 31 heavy (non-hydrogen) atoms. The summed E-state index contributed by atoms with van der Waals surface area (Å²) in [5, 5.41) is 0. The van der Waals surface area contributed by atoms with Crippen LogP contribution < -0.4 is 0 Å². The molecule has 0 heterocycles. The Kier molecular flexibility index (Phi) is 9.48. The average Bonchev–Trinajstić information content (AvgIpc) is 3.31. The van der Waals surface area contributed by atoms with Crippen LogP contribution in [0, 0.1) is 11.8 Å². The molecule has 1 aliphatic carbocycles. The zero-order valence-electron chi connectivity index (χ0n) is 20.7. The zero-order chi connectivity index (χ0) is 23.1. The Morgan fingerprint density at radius 3 is 2.35 bits per heavy atom. The number of hydrogen-bond acceptors (Lipinski definition) is 1. The minimum atomic E-state index is 0.267. The van der Waals surface area contributed by atoms with Gasteiger partial charge in [0.25, 0.3) is 0 Å². The molecule has 0 radical (unpaired) electrons. The van der Waals surface area contributed by atoms with E-state index < -0.39 is 0 Å². The molecular weight excluding hydrogens is 392 g/mol. The minimum absolute atomic E-state index is 0.267. The van der Waals surface area contributed by atoms with E-state index in [9.17, 15) is 0 Å². The van der Waals surface area contributed by atoms with Crippen LogP contribution in [0.15, 0.2) is 81.5 Å². The van der Waals surface area contributed by atoms with Gasteiger partial charge < -0.3 is 0 Å². The van der Waals surface area contributed by atoms with Gasteiger partial charge in [0.15, 0.2) is 0 Å². The summed E-state index contributed by atoms with van der Waals surface area (Å²) in [6, 6.07) is 8.81. The summed E-state index contributed by atoms with van der Waals surface area (Å²) in [6.45, 7) is 17.8. The fraction of sp³-hybridized carbons (Fsp3) is 0.433. The van der Waals surface area contributed by atoms with E-state index in [-0.39, 0.29) is 5.92 Å². The molecule has 1 aromatic rings. The summed E-state index contributed by atoms with van der Waals surface area (Å²) in [5.41, 5.74) is 13.0. The standard InChI is InChI=1S/C30H40S/c1-9-20(2)21(3)18-22(4)25(7)30(31)26(8)23(5)19-24(6)28-16-12-13-17-29(28)27-14-10-11-15-27/h10-14,16-17,19-20,24-25,31H,9,15H2,1-8H3/b23-19-,30-26+. The molecule has 166 valence electrons. The molecule has 3 unspecified atom stereocenters. The molecule has 0 saturated carbocycles. The molecule has 0 saturated heterocycles. The van der Waals surface area contributed by atoms with Crippen molar-refractivity contribution >= 4 is 18.2 Å². The lowest BCUT2D eigenvalue weighted by Crippen LogP contribution is -2.02. The highest BCUT2D eigenvalue weighted by molar-refractivity contribution is 7.84. The van der Waals surface area contributed by atoms with Crippen LogP contribution in [0.2, 0.25) is 0 Å². The normalized spacial score (nSPS) is 17.5. The Hall–Kier alpha value is -1.95. The predicted molar refractivity (Wildman–Crippen MR) is 143 cm³/mol. The fourth-order valence-corrected chi connectivity index (χ4v) is 4.37. The van der Waals surface area contributed by atoms with Crippen LogP contribution in [0.5, 0.6) is 0 Å². The zero-order valence-corrected chi connectivity index (χ0v) is 21.6. The van der Waals surface area contributed by atoms with Crippen molar-refractivity contribution in [2.75, 3.05) is 0 Å². The summed E-state index contributed by atoms with van der Waals surface area (Å²) in [7, 11) is 0. The Morgan fingerprint density at radius 2 is 1.74 bits per heavy atom. The van der Waals surface area contributed by atoms with Crippen molar-refractivity contribution in [3.8, 4) is 0 Å². The van der Waals surface area contributed by atoms with Crippen molar-refractivity contribution in [2.24, 2.45) is 11.8 Å². The summed E-state index contributed by atoms with van der Waals surface area (Å²) in [4.78, 5) is 1.14.